The zero-order chi connectivity index (χ0) is 32.1. The summed E-state index contributed by atoms with van der Waals surface area (Å²) in [7, 11) is 0. The lowest BCUT2D eigenvalue weighted by atomic mass is 10.0. The van der Waals surface area contributed by atoms with Gasteiger partial charge >= 0.3 is 0 Å². The highest BCUT2D eigenvalue weighted by atomic mass is 16.3. The Morgan fingerprint density at radius 1 is 0.408 bits per heavy atom. The summed E-state index contributed by atoms with van der Waals surface area (Å²) < 4.78 is 14.8. The first kappa shape index (κ1) is 26.3. The molecule has 49 heavy (non-hydrogen) atoms. The highest BCUT2D eigenvalue weighted by Gasteiger charge is 2.21. The average molecular weight is 629 g/mol. The molecule has 0 fully saturated rings. The maximum atomic E-state index is 6.38. The number of hydrogen-bond acceptors (Lipinski definition) is 5. The molecule has 0 saturated carbocycles. The summed E-state index contributed by atoms with van der Waals surface area (Å²) in [4.78, 5) is 15.5. The molecule has 0 aliphatic rings. The number of hydrogen-bond donors (Lipinski definition) is 0. The van der Waals surface area contributed by atoms with Crippen LogP contribution in [0.15, 0.2) is 154 Å². The monoisotopic (exact) mass is 628 g/mol. The Bertz CT molecular complexity index is 3120. The number of para-hydroxylation sites is 2. The van der Waals surface area contributed by atoms with E-state index in [9.17, 15) is 0 Å². The quantitative estimate of drug-likeness (QED) is 0.195. The van der Waals surface area contributed by atoms with E-state index in [4.69, 9.17) is 23.8 Å². The first-order valence-electron chi connectivity index (χ1n) is 16.3. The summed E-state index contributed by atoms with van der Waals surface area (Å²) in [6.45, 7) is 0. The molecular weight excluding hydrogens is 604 g/mol. The number of furan rings is 2. The van der Waals surface area contributed by atoms with Crippen molar-refractivity contribution in [2.24, 2.45) is 0 Å². The molecule has 11 aromatic rings. The van der Waals surface area contributed by atoms with Crippen LogP contribution >= 0.6 is 0 Å². The molecule has 0 radical (unpaired) electrons. The standard InChI is InChI=1S/C43H24N4O2/c1-2-11-26(12-3-1)41-44-42(27-19-21-35-32(24-27)39-37(49-35)23-22-36-38(39)31-15-7-9-17-34(31)48-36)46-43(45-41)47-33-16-8-6-14-29(33)30-20-18-25-10-4-5-13-28(25)40(30)47/h1-24H. The van der Waals surface area contributed by atoms with Crippen molar-refractivity contribution in [2.45, 2.75) is 0 Å². The molecule has 0 aliphatic heterocycles. The molecule has 4 heterocycles. The van der Waals surface area contributed by atoms with Gasteiger partial charge in [-0.15, -0.1) is 0 Å². The smallest absolute Gasteiger partial charge is 0.238 e. The molecule has 4 aromatic heterocycles. The summed E-state index contributed by atoms with van der Waals surface area (Å²) in [5.41, 5.74) is 7.17. The van der Waals surface area contributed by atoms with E-state index in [1.54, 1.807) is 0 Å². The van der Waals surface area contributed by atoms with Crippen molar-refractivity contribution in [1.82, 2.24) is 19.5 Å². The number of rotatable bonds is 3. The Kier molecular flexibility index (Phi) is 5.29. The van der Waals surface area contributed by atoms with Crippen LogP contribution in [0.3, 0.4) is 0 Å². The Labute approximate surface area is 278 Å². The second-order valence-electron chi connectivity index (χ2n) is 12.4. The van der Waals surface area contributed by atoms with E-state index >= 15 is 0 Å². The predicted molar refractivity (Wildman–Crippen MR) is 197 cm³/mol. The number of nitrogens with zero attached hydrogens (tertiary/aromatic N) is 4. The first-order valence-corrected chi connectivity index (χ1v) is 16.3. The molecule has 0 aliphatic carbocycles. The summed E-state index contributed by atoms with van der Waals surface area (Å²) in [5.74, 6) is 1.74. The summed E-state index contributed by atoms with van der Waals surface area (Å²) in [5, 5.41) is 8.70. The minimum Gasteiger partial charge on any atom is -0.456 e. The van der Waals surface area contributed by atoms with E-state index in [0.29, 0.717) is 17.6 Å². The van der Waals surface area contributed by atoms with Crippen LogP contribution in [-0.4, -0.2) is 19.5 Å². The van der Waals surface area contributed by atoms with E-state index in [2.05, 4.69) is 77.4 Å². The van der Waals surface area contributed by atoms with E-state index in [-0.39, 0.29) is 0 Å². The lowest BCUT2D eigenvalue weighted by Gasteiger charge is -2.12. The van der Waals surface area contributed by atoms with Gasteiger partial charge in [-0.25, -0.2) is 4.98 Å². The molecular formula is C43H24N4O2. The molecule has 6 heteroatoms. The molecule has 11 rings (SSSR count). The fourth-order valence-electron chi connectivity index (χ4n) is 7.47. The van der Waals surface area contributed by atoms with Gasteiger partial charge in [-0.3, -0.25) is 4.57 Å². The Morgan fingerprint density at radius 2 is 1.04 bits per heavy atom. The second kappa shape index (κ2) is 9.86. The fraction of sp³-hybridized carbons (Fsp3) is 0. The zero-order valence-electron chi connectivity index (χ0n) is 26.0. The van der Waals surface area contributed by atoms with Crippen LogP contribution in [0, 0.1) is 0 Å². The van der Waals surface area contributed by atoms with Crippen LogP contribution in [0.4, 0.5) is 0 Å². The van der Waals surface area contributed by atoms with Crippen molar-refractivity contribution in [3.05, 3.63) is 146 Å². The van der Waals surface area contributed by atoms with Crippen LogP contribution in [0.2, 0.25) is 0 Å². The maximum Gasteiger partial charge on any atom is 0.238 e. The lowest BCUT2D eigenvalue weighted by Crippen LogP contribution is -2.06. The highest BCUT2D eigenvalue weighted by Crippen LogP contribution is 2.41. The van der Waals surface area contributed by atoms with Gasteiger partial charge in [0, 0.05) is 48.8 Å². The van der Waals surface area contributed by atoms with Gasteiger partial charge in [-0.1, -0.05) is 103 Å². The number of benzene rings is 7. The summed E-state index contributed by atoms with van der Waals surface area (Å²) in [6, 6.07) is 49.7. The third-order valence-electron chi connectivity index (χ3n) is 9.65. The predicted octanol–water partition coefficient (Wildman–Crippen LogP) is 11.3. The SMILES string of the molecule is c1ccc(-c2nc(-c3ccc4oc5ccc6oc7ccccc7c6c5c4c3)nc(-n3c4ccccc4c4ccc5ccccc5c43)n2)cc1. The molecule has 228 valence electrons. The normalized spacial score (nSPS) is 12.1. The highest BCUT2D eigenvalue weighted by molar-refractivity contribution is 6.26. The summed E-state index contributed by atoms with van der Waals surface area (Å²) >= 11 is 0. The molecule has 7 aromatic carbocycles. The van der Waals surface area contributed by atoms with E-state index in [1.165, 1.54) is 0 Å². The third-order valence-corrected chi connectivity index (χ3v) is 9.65. The molecule has 0 amide bonds. The Hall–Kier alpha value is -6.79. The fourth-order valence-corrected chi connectivity index (χ4v) is 7.47. The Morgan fingerprint density at radius 3 is 1.88 bits per heavy atom. The van der Waals surface area contributed by atoms with Crippen molar-refractivity contribution in [2.75, 3.05) is 0 Å². The van der Waals surface area contributed by atoms with Gasteiger partial charge in [0.05, 0.1) is 11.0 Å². The molecule has 0 bridgehead atoms. The average Bonchev–Trinajstić information content (AvgIpc) is 3.84. The molecule has 0 unspecified atom stereocenters. The zero-order valence-corrected chi connectivity index (χ0v) is 26.0. The van der Waals surface area contributed by atoms with E-state index in [1.807, 2.05) is 72.8 Å². The van der Waals surface area contributed by atoms with Gasteiger partial charge in [-0.05, 0) is 47.9 Å². The maximum absolute atomic E-state index is 6.38. The van der Waals surface area contributed by atoms with Gasteiger partial charge in [0.2, 0.25) is 5.95 Å². The largest absolute Gasteiger partial charge is 0.456 e. The van der Waals surface area contributed by atoms with Crippen LogP contribution in [0.5, 0.6) is 0 Å². The molecule has 0 atom stereocenters. The molecule has 0 N–H and O–H groups in total. The van der Waals surface area contributed by atoms with Gasteiger partial charge in [0.25, 0.3) is 0 Å². The minimum absolute atomic E-state index is 0.562. The van der Waals surface area contributed by atoms with Crippen molar-refractivity contribution < 1.29 is 8.83 Å². The van der Waals surface area contributed by atoms with Crippen LogP contribution in [-0.2, 0) is 0 Å². The number of aromatic nitrogens is 4. The van der Waals surface area contributed by atoms with Gasteiger partial charge in [0.15, 0.2) is 11.6 Å². The van der Waals surface area contributed by atoms with Crippen molar-refractivity contribution in [1.29, 1.82) is 0 Å². The van der Waals surface area contributed by atoms with Crippen LogP contribution in [0.25, 0.3) is 105 Å². The van der Waals surface area contributed by atoms with Gasteiger partial charge in [-0.2, -0.15) is 9.97 Å². The second-order valence-corrected chi connectivity index (χ2v) is 12.4. The number of fused-ring (bicyclic) bond motifs is 12. The van der Waals surface area contributed by atoms with Gasteiger partial charge < -0.3 is 8.83 Å². The lowest BCUT2D eigenvalue weighted by molar-refractivity contribution is 0.663. The van der Waals surface area contributed by atoms with E-state index in [0.717, 1.165) is 87.6 Å². The minimum atomic E-state index is 0.562. The third kappa shape index (κ3) is 3.79. The molecule has 0 spiro atoms. The van der Waals surface area contributed by atoms with E-state index < -0.39 is 0 Å². The van der Waals surface area contributed by atoms with Crippen molar-refractivity contribution in [3.63, 3.8) is 0 Å². The first-order chi connectivity index (χ1) is 24.3. The van der Waals surface area contributed by atoms with Gasteiger partial charge in [0.1, 0.15) is 22.3 Å². The molecule has 6 nitrogen and oxygen atoms in total. The van der Waals surface area contributed by atoms with Crippen molar-refractivity contribution in [3.8, 4) is 28.7 Å². The van der Waals surface area contributed by atoms with Crippen LogP contribution < -0.4 is 0 Å². The molecule has 0 saturated heterocycles. The summed E-state index contributed by atoms with van der Waals surface area (Å²) in [6.07, 6.45) is 0. The van der Waals surface area contributed by atoms with Crippen LogP contribution in [0.1, 0.15) is 0 Å². The van der Waals surface area contributed by atoms with Crippen molar-refractivity contribution >= 4 is 76.5 Å². The topological polar surface area (TPSA) is 69.9 Å². The Balaban J connectivity index is 1.22.